The molecule has 0 radical (unpaired) electrons. The molecule has 2 aromatic rings. The van der Waals surface area contributed by atoms with Gasteiger partial charge in [-0.25, -0.2) is 4.39 Å². The minimum atomic E-state index is -0.484. The van der Waals surface area contributed by atoms with E-state index in [0.717, 1.165) is 11.1 Å². The molecule has 0 aliphatic carbocycles. The van der Waals surface area contributed by atoms with Gasteiger partial charge in [0.15, 0.2) is 5.78 Å². The number of amides is 1. The van der Waals surface area contributed by atoms with Gasteiger partial charge >= 0.3 is 0 Å². The van der Waals surface area contributed by atoms with E-state index in [1.807, 2.05) is 28.9 Å². The molecule has 0 spiro atoms. The number of piperazine rings is 1. The van der Waals surface area contributed by atoms with Gasteiger partial charge in [-0.05, 0) is 36.8 Å². The highest BCUT2D eigenvalue weighted by molar-refractivity contribution is 6.30. The molecule has 1 fully saturated rings. The van der Waals surface area contributed by atoms with E-state index in [9.17, 15) is 14.0 Å². The van der Waals surface area contributed by atoms with E-state index < -0.39 is 5.82 Å². The van der Waals surface area contributed by atoms with Crippen LogP contribution in [0.2, 0.25) is 5.02 Å². The van der Waals surface area contributed by atoms with Crippen molar-refractivity contribution in [1.29, 1.82) is 0 Å². The second-order valence-electron chi connectivity index (χ2n) is 6.87. The fourth-order valence-corrected chi connectivity index (χ4v) is 3.31. The summed E-state index contributed by atoms with van der Waals surface area (Å²) in [6.45, 7) is 4.34. The van der Waals surface area contributed by atoms with Crippen LogP contribution in [-0.4, -0.2) is 54.2 Å². The molecule has 1 aliphatic heterocycles. The maximum atomic E-state index is 13.9. The van der Waals surface area contributed by atoms with Crippen LogP contribution in [0.4, 0.5) is 4.39 Å². The number of benzene rings is 2. The van der Waals surface area contributed by atoms with E-state index in [-0.39, 0.29) is 23.8 Å². The zero-order valence-corrected chi connectivity index (χ0v) is 16.0. The average Bonchev–Trinajstić information content (AvgIpc) is 2.66. The predicted molar refractivity (Wildman–Crippen MR) is 104 cm³/mol. The molecule has 3 rings (SSSR count). The lowest BCUT2D eigenvalue weighted by Crippen LogP contribution is -2.50. The highest BCUT2D eigenvalue weighted by Crippen LogP contribution is 2.14. The van der Waals surface area contributed by atoms with Crippen molar-refractivity contribution in [3.63, 3.8) is 0 Å². The number of rotatable bonds is 5. The van der Waals surface area contributed by atoms with Crippen molar-refractivity contribution >= 4 is 23.3 Å². The lowest BCUT2D eigenvalue weighted by molar-refractivity contribution is -0.132. The molecule has 0 atom stereocenters. The number of ketones is 1. The molecule has 0 bridgehead atoms. The third-order valence-electron chi connectivity index (χ3n) is 4.78. The molecule has 0 unspecified atom stereocenters. The third-order valence-corrected chi connectivity index (χ3v) is 5.04. The van der Waals surface area contributed by atoms with Crippen LogP contribution in [-0.2, 0) is 11.2 Å². The first-order valence-corrected chi connectivity index (χ1v) is 9.34. The molecule has 0 saturated carbocycles. The Balaban J connectivity index is 1.51. The molecule has 1 saturated heterocycles. The largest absolute Gasteiger partial charge is 0.340 e. The number of carbonyl (C=O) groups excluding carboxylic acids is 2. The van der Waals surface area contributed by atoms with Crippen LogP contribution in [0.3, 0.4) is 0 Å². The monoisotopic (exact) mass is 388 g/mol. The Morgan fingerprint density at radius 1 is 1.04 bits per heavy atom. The first-order chi connectivity index (χ1) is 12.9. The van der Waals surface area contributed by atoms with Crippen molar-refractivity contribution in [3.8, 4) is 0 Å². The van der Waals surface area contributed by atoms with Crippen molar-refractivity contribution in [3.05, 3.63) is 70.0 Å². The second-order valence-corrected chi connectivity index (χ2v) is 7.30. The first-order valence-electron chi connectivity index (χ1n) is 8.96. The summed E-state index contributed by atoms with van der Waals surface area (Å²) < 4.78 is 13.9. The van der Waals surface area contributed by atoms with Crippen molar-refractivity contribution < 1.29 is 14.0 Å². The molecule has 27 heavy (non-hydrogen) atoms. The highest BCUT2D eigenvalue weighted by atomic mass is 35.5. The summed E-state index contributed by atoms with van der Waals surface area (Å²) in [5.41, 5.74) is 1.92. The predicted octanol–water partition coefficient (Wildman–Crippen LogP) is 3.36. The third kappa shape index (κ3) is 5.15. The summed E-state index contributed by atoms with van der Waals surface area (Å²) >= 11 is 5.87. The highest BCUT2D eigenvalue weighted by Gasteiger charge is 2.23. The van der Waals surface area contributed by atoms with Crippen molar-refractivity contribution in [2.45, 2.75) is 13.3 Å². The number of carbonyl (C=O) groups is 2. The summed E-state index contributed by atoms with van der Waals surface area (Å²) in [6, 6.07) is 11.8. The molecule has 0 aromatic heterocycles. The summed E-state index contributed by atoms with van der Waals surface area (Å²) in [5.74, 6) is -0.646. The van der Waals surface area contributed by atoms with Gasteiger partial charge in [0.1, 0.15) is 5.82 Å². The molecule has 1 amide bonds. The van der Waals surface area contributed by atoms with E-state index in [4.69, 9.17) is 11.6 Å². The second kappa shape index (κ2) is 8.63. The Hall–Kier alpha value is -2.24. The van der Waals surface area contributed by atoms with Gasteiger partial charge in [0.05, 0.1) is 18.5 Å². The van der Waals surface area contributed by atoms with E-state index in [0.29, 0.717) is 37.6 Å². The van der Waals surface area contributed by atoms with E-state index in [1.165, 1.54) is 6.07 Å². The average molecular weight is 389 g/mol. The van der Waals surface area contributed by atoms with Crippen molar-refractivity contribution in [1.82, 2.24) is 9.80 Å². The van der Waals surface area contributed by atoms with Crippen LogP contribution in [0.1, 0.15) is 21.5 Å². The normalized spacial score (nSPS) is 15.0. The van der Waals surface area contributed by atoms with Gasteiger partial charge in [0.2, 0.25) is 5.91 Å². The fraction of sp³-hybridized carbons (Fsp3) is 0.333. The Kier molecular flexibility index (Phi) is 6.24. The summed E-state index contributed by atoms with van der Waals surface area (Å²) in [5, 5.41) is 0.648. The quantitative estimate of drug-likeness (QED) is 0.737. The van der Waals surface area contributed by atoms with E-state index in [1.54, 1.807) is 24.3 Å². The topological polar surface area (TPSA) is 40.6 Å². The Labute approximate surface area is 163 Å². The molecule has 4 nitrogen and oxygen atoms in total. The molecular weight excluding hydrogens is 367 g/mol. The summed E-state index contributed by atoms with van der Waals surface area (Å²) in [7, 11) is 0. The minimum Gasteiger partial charge on any atom is -0.340 e. The van der Waals surface area contributed by atoms with Crippen LogP contribution in [0.5, 0.6) is 0 Å². The van der Waals surface area contributed by atoms with E-state index >= 15 is 0 Å². The smallest absolute Gasteiger partial charge is 0.227 e. The van der Waals surface area contributed by atoms with Gasteiger partial charge < -0.3 is 4.90 Å². The number of hydrogen-bond donors (Lipinski definition) is 0. The molecule has 2 aromatic carbocycles. The van der Waals surface area contributed by atoms with Crippen LogP contribution in [0, 0.1) is 12.7 Å². The lowest BCUT2D eigenvalue weighted by Gasteiger charge is -2.34. The maximum Gasteiger partial charge on any atom is 0.227 e. The zero-order valence-electron chi connectivity index (χ0n) is 15.3. The summed E-state index contributed by atoms with van der Waals surface area (Å²) in [6.07, 6.45) is 0.338. The van der Waals surface area contributed by atoms with Gasteiger partial charge in [0.25, 0.3) is 0 Å². The lowest BCUT2D eigenvalue weighted by atomic mass is 10.1. The van der Waals surface area contributed by atoms with Crippen molar-refractivity contribution in [2.75, 3.05) is 32.7 Å². The minimum absolute atomic E-state index is 0.0630. The maximum absolute atomic E-state index is 13.9. The van der Waals surface area contributed by atoms with Gasteiger partial charge in [-0.3, -0.25) is 14.5 Å². The Morgan fingerprint density at radius 3 is 2.37 bits per heavy atom. The zero-order chi connectivity index (χ0) is 19.4. The Bertz CT molecular complexity index is 831. The standard InChI is InChI=1S/C21H22ClFN2O2/c1-15-2-7-19(23)18(12-15)20(26)14-24-8-10-25(11-9-24)21(27)13-16-3-5-17(22)6-4-16/h2-7,12H,8-11,13-14H2,1H3. The fourth-order valence-electron chi connectivity index (χ4n) is 3.19. The molecule has 6 heteroatoms. The number of hydrogen-bond acceptors (Lipinski definition) is 3. The Morgan fingerprint density at radius 2 is 1.70 bits per heavy atom. The number of Topliss-reactive ketones (excluding diaryl/α,β-unsaturated/α-hetero) is 1. The van der Waals surface area contributed by atoms with Crippen LogP contribution in [0.25, 0.3) is 0 Å². The van der Waals surface area contributed by atoms with Crippen LogP contribution in [0.15, 0.2) is 42.5 Å². The number of halogens is 2. The van der Waals surface area contributed by atoms with Gasteiger partial charge in [0, 0.05) is 31.2 Å². The molecule has 142 valence electrons. The van der Waals surface area contributed by atoms with Crippen molar-refractivity contribution in [2.24, 2.45) is 0 Å². The van der Waals surface area contributed by atoms with Crippen LogP contribution < -0.4 is 0 Å². The number of aryl methyl sites for hydroxylation is 1. The van der Waals surface area contributed by atoms with E-state index in [2.05, 4.69) is 0 Å². The molecule has 1 heterocycles. The van der Waals surface area contributed by atoms with Crippen LogP contribution >= 0.6 is 11.6 Å². The van der Waals surface area contributed by atoms with Gasteiger partial charge in [-0.1, -0.05) is 35.4 Å². The first kappa shape index (κ1) is 19.5. The molecular formula is C21H22ClFN2O2. The summed E-state index contributed by atoms with van der Waals surface area (Å²) in [4.78, 5) is 28.6. The molecule has 0 N–H and O–H groups in total. The number of nitrogens with zero attached hydrogens (tertiary/aromatic N) is 2. The molecule has 1 aliphatic rings. The van der Waals surface area contributed by atoms with Gasteiger partial charge in [-0.15, -0.1) is 0 Å². The SMILES string of the molecule is Cc1ccc(F)c(C(=O)CN2CCN(C(=O)Cc3ccc(Cl)cc3)CC2)c1. The van der Waals surface area contributed by atoms with Gasteiger partial charge in [-0.2, -0.15) is 0 Å².